The summed E-state index contributed by atoms with van der Waals surface area (Å²) in [6.07, 6.45) is 2.57. The number of aromatic nitrogens is 1. The number of rotatable bonds is 5. The van der Waals surface area contributed by atoms with Gasteiger partial charge in [0, 0.05) is 30.3 Å². The monoisotopic (exact) mass is 305 g/mol. The maximum Gasteiger partial charge on any atom is 0.250 e. The van der Waals surface area contributed by atoms with Crippen molar-refractivity contribution in [3.63, 3.8) is 0 Å². The number of hydrogen-bond donors (Lipinski definition) is 2. The second kappa shape index (κ2) is 6.95. The van der Waals surface area contributed by atoms with Crippen molar-refractivity contribution < 1.29 is 4.79 Å². The standard InChI is InChI=1S/C15H16ClN3O2/c16-11-6-7-12(17)13(10-11)18-14(20)4-3-9-19-8-2-1-5-15(19)21/h1-2,5-8,10H,3-4,9,17H2,(H,18,20). The first-order valence-corrected chi connectivity index (χ1v) is 6.94. The number of hydrogen-bond acceptors (Lipinski definition) is 3. The fourth-order valence-electron chi connectivity index (χ4n) is 1.90. The molecule has 1 heterocycles. The number of aryl methyl sites for hydroxylation is 1. The van der Waals surface area contributed by atoms with Gasteiger partial charge in [0.05, 0.1) is 11.4 Å². The molecule has 0 bridgehead atoms. The van der Waals surface area contributed by atoms with Gasteiger partial charge < -0.3 is 15.6 Å². The summed E-state index contributed by atoms with van der Waals surface area (Å²) in [5.41, 5.74) is 6.66. The van der Waals surface area contributed by atoms with Gasteiger partial charge in [-0.2, -0.15) is 0 Å². The predicted octanol–water partition coefficient (Wildman–Crippen LogP) is 2.50. The molecular formula is C15H16ClN3O2. The summed E-state index contributed by atoms with van der Waals surface area (Å²) in [6.45, 7) is 0.498. The van der Waals surface area contributed by atoms with Crippen molar-refractivity contribution in [2.24, 2.45) is 0 Å². The van der Waals surface area contributed by atoms with Crippen LogP contribution in [0.25, 0.3) is 0 Å². The summed E-state index contributed by atoms with van der Waals surface area (Å²) in [6, 6.07) is 9.88. The predicted molar refractivity (Wildman–Crippen MR) is 84.4 cm³/mol. The fourth-order valence-corrected chi connectivity index (χ4v) is 2.08. The third kappa shape index (κ3) is 4.36. The highest BCUT2D eigenvalue weighted by Crippen LogP contribution is 2.23. The van der Waals surface area contributed by atoms with Gasteiger partial charge in [-0.1, -0.05) is 17.7 Å². The van der Waals surface area contributed by atoms with Crippen molar-refractivity contribution in [1.82, 2.24) is 4.57 Å². The summed E-state index contributed by atoms with van der Waals surface area (Å²) in [5, 5.41) is 3.23. The van der Waals surface area contributed by atoms with Gasteiger partial charge in [0.2, 0.25) is 11.5 Å². The number of pyridine rings is 1. The Bertz CT molecular complexity index is 697. The number of anilines is 2. The minimum Gasteiger partial charge on any atom is -0.397 e. The molecule has 1 aromatic heterocycles. The molecule has 3 N–H and O–H groups in total. The van der Waals surface area contributed by atoms with Crippen molar-refractivity contribution >= 4 is 28.9 Å². The molecule has 0 aliphatic carbocycles. The van der Waals surface area contributed by atoms with Crippen molar-refractivity contribution in [3.8, 4) is 0 Å². The zero-order chi connectivity index (χ0) is 15.2. The van der Waals surface area contributed by atoms with Crippen LogP contribution in [0.15, 0.2) is 47.4 Å². The molecule has 6 heteroatoms. The highest BCUT2D eigenvalue weighted by molar-refractivity contribution is 6.31. The molecule has 0 saturated heterocycles. The van der Waals surface area contributed by atoms with E-state index in [0.717, 1.165) is 0 Å². The smallest absolute Gasteiger partial charge is 0.250 e. The average Bonchev–Trinajstić information content (AvgIpc) is 2.45. The first-order valence-electron chi connectivity index (χ1n) is 6.56. The van der Waals surface area contributed by atoms with Crippen LogP contribution in [-0.2, 0) is 11.3 Å². The van der Waals surface area contributed by atoms with E-state index >= 15 is 0 Å². The Hall–Kier alpha value is -2.27. The number of benzene rings is 1. The van der Waals surface area contributed by atoms with Crippen LogP contribution in [0, 0.1) is 0 Å². The van der Waals surface area contributed by atoms with Gasteiger partial charge in [-0.25, -0.2) is 0 Å². The summed E-state index contributed by atoms with van der Waals surface area (Å²) >= 11 is 5.86. The highest BCUT2D eigenvalue weighted by Gasteiger charge is 2.06. The molecule has 0 aliphatic heterocycles. The maximum absolute atomic E-state index is 11.9. The Morgan fingerprint density at radius 2 is 2.10 bits per heavy atom. The van der Waals surface area contributed by atoms with E-state index in [1.54, 1.807) is 41.1 Å². The van der Waals surface area contributed by atoms with E-state index in [1.807, 2.05) is 0 Å². The second-order valence-corrected chi connectivity index (χ2v) is 5.05. The maximum atomic E-state index is 11.9. The number of nitrogens with zero attached hydrogens (tertiary/aromatic N) is 1. The first kappa shape index (κ1) is 15.1. The molecule has 110 valence electrons. The summed E-state index contributed by atoms with van der Waals surface area (Å²) in [5.74, 6) is -0.159. The Labute approximate surface area is 127 Å². The zero-order valence-electron chi connectivity index (χ0n) is 11.4. The zero-order valence-corrected chi connectivity index (χ0v) is 12.1. The van der Waals surface area contributed by atoms with Crippen LogP contribution in [0.5, 0.6) is 0 Å². The van der Waals surface area contributed by atoms with Gasteiger partial charge in [0.15, 0.2) is 0 Å². The van der Waals surface area contributed by atoms with Crippen molar-refractivity contribution in [1.29, 1.82) is 0 Å². The second-order valence-electron chi connectivity index (χ2n) is 4.62. The van der Waals surface area contributed by atoms with E-state index in [0.29, 0.717) is 35.8 Å². The number of halogens is 1. The molecule has 0 fully saturated rings. The minimum absolute atomic E-state index is 0.0722. The quantitative estimate of drug-likeness (QED) is 0.833. The molecule has 0 spiro atoms. The molecule has 5 nitrogen and oxygen atoms in total. The molecule has 0 saturated carbocycles. The molecule has 0 atom stereocenters. The van der Waals surface area contributed by atoms with Gasteiger partial charge in [0.25, 0.3) is 0 Å². The van der Waals surface area contributed by atoms with E-state index in [1.165, 1.54) is 6.07 Å². The number of nitrogens with one attached hydrogen (secondary N) is 1. The van der Waals surface area contributed by atoms with Crippen LogP contribution in [0.3, 0.4) is 0 Å². The summed E-state index contributed by atoms with van der Waals surface area (Å²) in [4.78, 5) is 23.4. The first-order chi connectivity index (χ1) is 10.1. The summed E-state index contributed by atoms with van der Waals surface area (Å²) < 4.78 is 1.57. The van der Waals surface area contributed by atoms with Gasteiger partial charge in [-0.05, 0) is 30.7 Å². The molecule has 2 rings (SSSR count). The number of nitrogen functional groups attached to an aromatic ring is 1. The SMILES string of the molecule is Nc1ccc(Cl)cc1NC(=O)CCCn1ccccc1=O. The number of amides is 1. The van der Waals surface area contributed by atoms with Gasteiger partial charge in [0.1, 0.15) is 0 Å². The summed E-state index contributed by atoms with van der Waals surface area (Å²) in [7, 11) is 0. The van der Waals surface area contributed by atoms with Gasteiger partial charge in [-0.15, -0.1) is 0 Å². The Kier molecular flexibility index (Phi) is 5.00. The van der Waals surface area contributed by atoms with Crippen molar-refractivity contribution in [2.45, 2.75) is 19.4 Å². The Morgan fingerprint density at radius 1 is 1.29 bits per heavy atom. The number of nitrogens with two attached hydrogens (primary N) is 1. The molecule has 0 aliphatic rings. The van der Waals surface area contributed by atoms with Crippen molar-refractivity contribution in [2.75, 3.05) is 11.1 Å². The van der Waals surface area contributed by atoms with E-state index in [2.05, 4.69) is 5.32 Å². The molecule has 0 radical (unpaired) electrons. The lowest BCUT2D eigenvalue weighted by Crippen LogP contribution is -2.19. The Balaban J connectivity index is 1.87. The number of carbonyl (C=O) groups excluding carboxylic acids is 1. The topological polar surface area (TPSA) is 77.1 Å². The largest absolute Gasteiger partial charge is 0.397 e. The fraction of sp³-hybridized carbons (Fsp3) is 0.200. The molecule has 1 aromatic carbocycles. The Morgan fingerprint density at radius 3 is 2.86 bits per heavy atom. The lowest BCUT2D eigenvalue weighted by atomic mass is 10.2. The van der Waals surface area contributed by atoms with Crippen LogP contribution in [0.4, 0.5) is 11.4 Å². The number of carbonyl (C=O) groups is 1. The van der Waals surface area contributed by atoms with Crippen LogP contribution in [0.1, 0.15) is 12.8 Å². The van der Waals surface area contributed by atoms with E-state index < -0.39 is 0 Å². The van der Waals surface area contributed by atoms with Gasteiger partial charge in [-0.3, -0.25) is 9.59 Å². The van der Waals surface area contributed by atoms with Crippen LogP contribution < -0.4 is 16.6 Å². The van der Waals surface area contributed by atoms with Crippen LogP contribution in [0.2, 0.25) is 5.02 Å². The molecular weight excluding hydrogens is 290 g/mol. The lowest BCUT2D eigenvalue weighted by Gasteiger charge is -2.09. The average molecular weight is 306 g/mol. The van der Waals surface area contributed by atoms with E-state index in [9.17, 15) is 9.59 Å². The molecule has 0 unspecified atom stereocenters. The lowest BCUT2D eigenvalue weighted by molar-refractivity contribution is -0.116. The van der Waals surface area contributed by atoms with Crippen LogP contribution in [-0.4, -0.2) is 10.5 Å². The van der Waals surface area contributed by atoms with Gasteiger partial charge >= 0.3 is 0 Å². The third-order valence-corrected chi connectivity index (χ3v) is 3.23. The molecule has 2 aromatic rings. The normalized spacial score (nSPS) is 10.3. The van der Waals surface area contributed by atoms with Crippen molar-refractivity contribution in [3.05, 3.63) is 58.0 Å². The minimum atomic E-state index is -0.159. The van der Waals surface area contributed by atoms with E-state index in [-0.39, 0.29) is 11.5 Å². The highest BCUT2D eigenvalue weighted by atomic mass is 35.5. The molecule has 1 amide bonds. The third-order valence-electron chi connectivity index (χ3n) is 2.99. The van der Waals surface area contributed by atoms with Crippen LogP contribution >= 0.6 is 11.6 Å². The molecule has 21 heavy (non-hydrogen) atoms. The van der Waals surface area contributed by atoms with E-state index in [4.69, 9.17) is 17.3 Å².